The van der Waals surface area contributed by atoms with Crippen LogP contribution in [-0.4, -0.2) is 50.9 Å². The molecule has 1 unspecified atom stereocenters. The smallest absolute Gasteiger partial charge is 0.171 e. The van der Waals surface area contributed by atoms with E-state index < -0.39 is 0 Å². The molecule has 7 heteroatoms. The number of hydrogen-bond acceptors (Lipinski definition) is 7. The van der Waals surface area contributed by atoms with Crippen LogP contribution < -0.4 is 0 Å². The van der Waals surface area contributed by atoms with Crippen LogP contribution in [0.1, 0.15) is 69.2 Å². The van der Waals surface area contributed by atoms with Gasteiger partial charge in [0.25, 0.3) is 0 Å². The van der Waals surface area contributed by atoms with Crippen LogP contribution >= 0.6 is 0 Å². The maximum absolute atomic E-state index is 13.2. The van der Waals surface area contributed by atoms with Gasteiger partial charge in [0.1, 0.15) is 5.82 Å². The Balaban J connectivity index is 1.15. The molecule has 6 rings (SSSR count). The van der Waals surface area contributed by atoms with Crippen molar-refractivity contribution in [2.45, 2.75) is 51.9 Å². The first kappa shape index (κ1) is 28.6. The Morgan fingerprint density at radius 1 is 0.953 bits per heavy atom. The minimum atomic E-state index is 0.131. The second-order valence-electron chi connectivity index (χ2n) is 11.8. The molecule has 3 aromatic heterocycles. The molecule has 0 aliphatic carbocycles. The van der Waals surface area contributed by atoms with E-state index in [1.807, 2.05) is 37.3 Å². The van der Waals surface area contributed by atoms with Crippen molar-refractivity contribution < 1.29 is 9.32 Å². The van der Waals surface area contributed by atoms with Gasteiger partial charge >= 0.3 is 0 Å². The van der Waals surface area contributed by atoms with Gasteiger partial charge in [-0.2, -0.15) is 0 Å². The number of likely N-dealkylation sites (tertiary alicyclic amines) is 1. The lowest BCUT2D eigenvalue weighted by Gasteiger charge is -2.20. The molecule has 1 fully saturated rings. The van der Waals surface area contributed by atoms with E-state index >= 15 is 0 Å². The van der Waals surface area contributed by atoms with E-state index in [4.69, 9.17) is 9.51 Å². The number of likely N-dealkylation sites (N-methyl/N-ethyl adjacent to an activating group) is 1. The number of carbonyl (C=O) groups is 1. The molecule has 1 saturated heterocycles. The van der Waals surface area contributed by atoms with Crippen LogP contribution in [0.2, 0.25) is 0 Å². The number of carbonyl (C=O) groups excluding carboxylic acids is 1. The van der Waals surface area contributed by atoms with Gasteiger partial charge in [-0.05, 0) is 80.6 Å². The Morgan fingerprint density at radius 3 is 2.60 bits per heavy atom. The highest BCUT2D eigenvalue weighted by atomic mass is 16.5. The highest BCUT2D eigenvalue weighted by Crippen LogP contribution is 2.28. The lowest BCUT2D eigenvalue weighted by molar-refractivity contribution is 0.0993. The van der Waals surface area contributed by atoms with Crippen molar-refractivity contribution in [1.29, 1.82) is 0 Å². The van der Waals surface area contributed by atoms with E-state index in [1.54, 1.807) is 24.8 Å². The zero-order valence-electron chi connectivity index (χ0n) is 25.1. The summed E-state index contributed by atoms with van der Waals surface area (Å²) in [6, 6.07) is 18.5. The average molecular weight is 572 g/mol. The molecule has 43 heavy (non-hydrogen) atoms. The predicted molar refractivity (Wildman–Crippen MR) is 168 cm³/mol. The van der Waals surface area contributed by atoms with E-state index in [0.29, 0.717) is 30.3 Å². The standard InChI is InChI=1S/C36H37N5O2/c1-24-7-8-26(17-34(42)28-11-9-27(10-12-28)29-6-4-5-15-41(3)23-29)16-30(24)19-35-38-14-13-33(40-35)31-18-32(22-37-21-31)36-25(2)20-39-43-36/h7-14,16,18,20-22,29H,4-6,15,17,19,23H2,1-3H3. The van der Waals surface area contributed by atoms with Crippen molar-refractivity contribution >= 4 is 5.78 Å². The van der Waals surface area contributed by atoms with E-state index in [2.05, 4.69) is 58.3 Å². The molecule has 4 heterocycles. The summed E-state index contributed by atoms with van der Waals surface area (Å²) in [5.74, 6) is 2.08. The van der Waals surface area contributed by atoms with Gasteiger partial charge in [-0.1, -0.05) is 54.0 Å². The Hall–Kier alpha value is -4.49. The molecule has 1 atom stereocenters. The molecular formula is C36H37N5O2. The third kappa shape index (κ3) is 6.78. The van der Waals surface area contributed by atoms with Gasteiger partial charge in [-0.25, -0.2) is 9.97 Å². The largest absolute Gasteiger partial charge is 0.356 e. The summed E-state index contributed by atoms with van der Waals surface area (Å²) in [6.07, 6.45) is 11.7. The zero-order chi connectivity index (χ0) is 29.8. The Labute approximate surface area is 253 Å². The third-order valence-electron chi connectivity index (χ3n) is 8.46. The summed E-state index contributed by atoms with van der Waals surface area (Å²) in [7, 11) is 2.20. The molecule has 0 spiro atoms. The van der Waals surface area contributed by atoms with Crippen molar-refractivity contribution in [3.05, 3.63) is 119 Å². The van der Waals surface area contributed by atoms with Gasteiger partial charge in [0.05, 0.1) is 11.9 Å². The normalized spacial score (nSPS) is 15.7. The van der Waals surface area contributed by atoms with Crippen molar-refractivity contribution in [2.24, 2.45) is 0 Å². The minimum absolute atomic E-state index is 0.131. The third-order valence-corrected chi connectivity index (χ3v) is 8.46. The summed E-state index contributed by atoms with van der Waals surface area (Å²) < 4.78 is 5.41. The number of Topliss-reactive ketones (excluding diaryl/α,β-unsaturated/α-hetero) is 1. The maximum atomic E-state index is 13.2. The Bertz CT molecular complexity index is 1730. The first-order valence-corrected chi connectivity index (χ1v) is 15.0. The zero-order valence-corrected chi connectivity index (χ0v) is 25.1. The van der Waals surface area contributed by atoms with Crippen LogP contribution in [0.15, 0.2) is 83.9 Å². The number of rotatable bonds is 8. The van der Waals surface area contributed by atoms with Gasteiger partial charge in [-0.15, -0.1) is 0 Å². The predicted octanol–water partition coefficient (Wildman–Crippen LogP) is 7.03. The molecule has 5 aromatic rings. The van der Waals surface area contributed by atoms with Crippen LogP contribution in [0, 0.1) is 13.8 Å². The van der Waals surface area contributed by atoms with E-state index in [-0.39, 0.29) is 5.78 Å². The molecule has 7 nitrogen and oxygen atoms in total. The summed E-state index contributed by atoms with van der Waals surface area (Å²) in [5.41, 5.74) is 8.83. The lowest BCUT2D eigenvalue weighted by atomic mass is 9.92. The molecule has 218 valence electrons. The number of nitrogens with zero attached hydrogens (tertiary/aromatic N) is 5. The molecule has 0 N–H and O–H groups in total. The van der Waals surface area contributed by atoms with Crippen molar-refractivity contribution in [1.82, 2.24) is 25.0 Å². The van der Waals surface area contributed by atoms with Gasteiger partial charge in [0, 0.05) is 60.2 Å². The summed E-state index contributed by atoms with van der Waals surface area (Å²) in [4.78, 5) is 29.5. The molecule has 1 aliphatic heterocycles. The fourth-order valence-corrected chi connectivity index (χ4v) is 5.95. The highest BCUT2D eigenvalue weighted by Gasteiger charge is 2.18. The number of pyridine rings is 1. The van der Waals surface area contributed by atoms with Crippen LogP contribution in [-0.2, 0) is 12.8 Å². The van der Waals surface area contributed by atoms with Crippen molar-refractivity contribution in [3.63, 3.8) is 0 Å². The minimum Gasteiger partial charge on any atom is -0.356 e. The molecule has 0 radical (unpaired) electrons. The fourth-order valence-electron chi connectivity index (χ4n) is 5.95. The highest BCUT2D eigenvalue weighted by molar-refractivity contribution is 5.97. The van der Waals surface area contributed by atoms with Crippen molar-refractivity contribution in [2.75, 3.05) is 20.1 Å². The summed E-state index contributed by atoms with van der Waals surface area (Å²) >= 11 is 0. The molecule has 0 saturated carbocycles. The first-order chi connectivity index (χ1) is 20.9. The molecule has 0 amide bonds. The number of aromatic nitrogens is 4. The number of aryl methyl sites for hydroxylation is 2. The molecule has 1 aliphatic rings. The summed E-state index contributed by atoms with van der Waals surface area (Å²) in [5, 5.41) is 3.89. The monoisotopic (exact) mass is 571 g/mol. The Morgan fingerprint density at radius 2 is 1.79 bits per heavy atom. The van der Waals surface area contributed by atoms with Crippen LogP contribution in [0.4, 0.5) is 0 Å². The van der Waals surface area contributed by atoms with Gasteiger partial charge in [-0.3, -0.25) is 9.78 Å². The second kappa shape index (κ2) is 12.8. The van der Waals surface area contributed by atoms with E-state index in [0.717, 1.165) is 51.2 Å². The maximum Gasteiger partial charge on any atom is 0.171 e. The van der Waals surface area contributed by atoms with Crippen LogP contribution in [0.25, 0.3) is 22.6 Å². The average Bonchev–Trinajstić information content (AvgIpc) is 3.34. The number of benzene rings is 2. The van der Waals surface area contributed by atoms with Gasteiger partial charge in [0.15, 0.2) is 11.5 Å². The van der Waals surface area contributed by atoms with E-state index in [1.165, 1.54) is 31.4 Å². The first-order valence-electron chi connectivity index (χ1n) is 15.0. The SMILES string of the molecule is Cc1ccc(CC(=O)c2ccc(C3CCCCN(C)C3)cc2)cc1Cc1nccc(-c2cncc(-c3oncc3C)c2)n1. The fraction of sp³-hybridized carbons (Fsp3) is 0.306. The van der Waals surface area contributed by atoms with Gasteiger partial charge < -0.3 is 9.42 Å². The van der Waals surface area contributed by atoms with Crippen LogP contribution in [0.3, 0.4) is 0 Å². The molecule has 0 bridgehead atoms. The number of ketones is 1. The lowest BCUT2D eigenvalue weighted by Crippen LogP contribution is -2.23. The van der Waals surface area contributed by atoms with Crippen molar-refractivity contribution in [3.8, 4) is 22.6 Å². The van der Waals surface area contributed by atoms with Gasteiger partial charge in [0.2, 0.25) is 0 Å². The van der Waals surface area contributed by atoms with Crippen LogP contribution in [0.5, 0.6) is 0 Å². The second-order valence-corrected chi connectivity index (χ2v) is 11.8. The molecule has 2 aromatic carbocycles. The Kier molecular flexibility index (Phi) is 8.52. The quantitative estimate of drug-likeness (QED) is 0.185. The number of hydrogen-bond donors (Lipinski definition) is 0. The topological polar surface area (TPSA) is 85.0 Å². The molecular weight excluding hydrogens is 534 g/mol. The summed E-state index contributed by atoms with van der Waals surface area (Å²) in [6.45, 7) is 6.29. The van der Waals surface area contributed by atoms with E-state index in [9.17, 15) is 4.79 Å².